The molecule has 18 heavy (non-hydrogen) atoms. The third-order valence-corrected chi connectivity index (χ3v) is 4.29. The number of halogens is 1. The van der Waals surface area contributed by atoms with Crippen LogP contribution >= 0.6 is 22.9 Å². The lowest BCUT2D eigenvalue weighted by Gasteiger charge is -2.09. The minimum Gasteiger partial charge on any atom is -0.369 e. The number of rotatable bonds is 4. The van der Waals surface area contributed by atoms with Crippen LogP contribution in [-0.4, -0.2) is 16.5 Å². The van der Waals surface area contributed by atoms with Gasteiger partial charge in [-0.1, -0.05) is 13.8 Å². The van der Waals surface area contributed by atoms with E-state index in [0.29, 0.717) is 11.2 Å². The van der Waals surface area contributed by atoms with Crippen LogP contribution in [0.15, 0.2) is 0 Å². The Morgan fingerprint density at radius 1 is 1.28 bits per heavy atom. The molecule has 0 saturated heterocycles. The predicted octanol–water partition coefficient (Wildman–Crippen LogP) is 4.42. The molecule has 2 rings (SSSR count). The Morgan fingerprint density at radius 2 is 2.00 bits per heavy atom. The quantitative estimate of drug-likeness (QED) is 0.844. The van der Waals surface area contributed by atoms with Crippen LogP contribution in [0.5, 0.6) is 0 Å². The van der Waals surface area contributed by atoms with Crippen molar-refractivity contribution < 1.29 is 0 Å². The standard InChI is InChI=1S/C13H18ClN3S/c1-7(2)5-6-15-11-10-8(3)9(4)18-12(10)17-13(14)16-11/h7H,5-6H2,1-4H3,(H,15,16,17). The Labute approximate surface area is 117 Å². The van der Waals surface area contributed by atoms with E-state index in [1.54, 1.807) is 11.3 Å². The van der Waals surface area contributed by atoms with Crippen LogP contribution in [0.1, 0.15) is 30.7 Å². The molecule has 1 N–H and O–H groups in total. The fraction of sp³-hybridized carbons (Fsp3) is 0.538. The number of anilines is 1. The molecule has 5 heteroatoms. The summed E-state index contributed by atoms with van der Waals surface area (Å²) in [5, 5.41) is 4.82. The van der Waals surface area contributed by atoms with Gasteiger partial charge < -0.3 is 5.32 Å². The Bertz CT molecular complexity index is 563. The van der Waals surface area contributed by atoms with Crippen LogP contribution in [0.3, 0.4) is 0 Å². The lowest BCUT2D eigenvalue weighted by Crippen LogP contribution is -2.07. The number of nitrogens with zero attached hydrogens (tertiary/aromatic N) is 2. The van der Waals surface area contributed by atoms with Crippen molar-refractivity contribution in [3.63, 3.8) is 0 Å². The molecule has 2 aromatic heterocycles. The van der Waals surface area contributed by atoms with E-state index in [4.69, 9.17) is 11.6 Å². The van der Waals surface area contributed by atoms with Crippen LogP contribution in [0.4, 0.5) is 5.82 Å². The molecule has 0 fully saturated rings. The Kier molecular flexibility index (Phi) is 4.07. The van der Waals surface area contributed by atoms with Crippen LogP contribution in [0.2, 0.25) is 5.28 Å². The van der Waals surface area contributed by atoms with Crippen LogP contribution in [-0.2, 0) is 0 Å². The fourth-order valence-corrected chi connectivity index (χ4v) is 3.08. The van der Waals surface area contributed by atoms with Gasteiger partial charge >= 0.3 is 0 Å². The highest BCUT2D eigenvalue weighted by atomic mass is 35.5. The first kappa shape index (κ1) is 13.6. The Morgan fingerprint density at radius 3 is 2.67 bits per heavy atom. The SMILES string of the molecule is Cc1sc2nc(Cl)nc(NCCC(C)C)c2c1C. The average molecular weight is 284 g/mol. The highest BCUT2D eigenvalue weighted by Gasteiger charge is 2.13. The molecule has 2 heterocycles. The van der Waals surface area contributed by atoms with Gasteiger partial charge in [-0.15, -0.1) is 11.3 Å². The first-order valence-electron chi connectivity index (χ1n) is 6.16. The van der Waals surface area contributed by atoms with Crippen molar-refractivity contribution >= 4 is 39.0 Å². The number of hydrogen-bond donors (Lipinski definition) is 1. The lowest BCUT2D eigenvalue weighted by atomic mass is 10.1. The molecule has 0 aliphatic rings. The maximum atomic E-state index is 5.97. The van der Waals surface area contributed by atoms with Crippen molar-refractivity contribution in [2.24, 2.45) is 5.92 Å². The third kappa shape index (κ3) is 2.75. The summed E-state index contributed by atoms with van der Waals surface area (Å²) in [6, 6.07) is 0. The summed E-state index contributed by atoms with van der Waals surface area (Å²) in [5.41, 5.74) is 1.25. The van der Waals surface area contributed by atoms with E-state index in [2.05, 4.69) is 43.0 Å². The van der Waals surface area contributed by atoms with Gasteiger partial charge in [0.1, 0.15) is 10.6 Å². The summed E-state index contributed by atoms with van der Waals surface area (Å²) in [7, 11) is 0. The molecule has 0 radical (unpaired) electrons. The molecule has 0 unspecified atom stereocenters. The highest BCUT2D eigenvalue weighted by molar-refractivity contribution is 7.18. The van der Waals surface area contributed by atoms with Gasteiger partial charge in [-0.2, -0.15) is 0 Å². The molecule has 0 amide bonds. The highest BCUT2D eigenvalue weighted by Crippen LogP contribution is 2.33. The molecule has 0 aliphatic heterocycles. The zero-order chi connectivity index (χ0) is 13.3. The summed E-state index contributed by atoms with van der Waals surface area (Å²) in [6.07, 6.45) is 1.12. The smallest absolute Gasteiger partial charge is 0.225 e. The summed E-state index contributed by atoms with van der Waals surface area (Å²) in [5.74, 6) is 1.54. The Balaban J connectivity index is 2.36. The molecule has 98 valence electrons. The van der Waals surface area contributed by atoms with Crippen LogP contribution < -0.4 is 5.32 Å². The average Bonchev–Trinajstić information content (AvgIpc) is 2.53. The van der Waals surface area contributed by atoms with Gasteiger partial charge in [0, 0.05) is 11.4 Å². The minimum absolute atomic E-state index is 0.316. The van der Waals surface area contributed by atoms with Crippen LogP contribution in [0, 0.1) is 19.8 Å². The molecule has 0 aliphatic carbocycles. The summed E-state index contributed by atoms with van der Waals surface area (Å²) in [6.45, 7) is 9.55. The van der Waals surface area contributed by atoms with Gasteiger partial charge in [0.05, 0.1) is 5.39 Å². The summed E-state index contributed by atoms with van der Waals surface area (Å²) < 4.78 is 0. The number of aromatic nitrogens is 2. The first-order valence-corrected chi connectivity index (χ1v) is 7.35. The van der Waals surface area contributed by atoms with Crippen molar-refractivity contribution in [1.29, 1.82) is 0 Å². The minimum atomic E-state index is 0.316. The monoisotopic (exact) mass is 283 g/mol. The molecule has 0 spiro atoms. The summed E-state index contributed by atoms with van der Waals surface area (Å²) in [4.78, 5) is 10.9. The van der Waals surface area contributed by atoms with E-state index in [1.165, 1.54) is 10.4 Å². The molecular formula is C13H18ClN3S. The number of fused-ring (bicyclic) bond motifs is 1. The largest absolute Gasteiger partial charge is 0.369 e. The van der Waals surface area contributed by atoms with Gasteiger partial charge in [-0.3, -0.25) is 0 Å². The second-order valence-electron chi connectivity index (χ2n) is 4.91. The second-order valence-corrected chi connectivity index (χ2v) is 6.46. The van der Waals surface area contributed by atoms with E-state index in [0.717, 1.165) is 29.0 Å². The summed E-state index contributed by atoms with van der Waals surface area (Å²) >= 11 is 7.64. The molecule has 0 atom stereocenters. The number of thiophene rings is 1. The van der Waals surface area contributed by atoms with E-state index >= 15 is 0 Å². The zero-order valence-corrected chi connectivity index (χ0v) is 12.7. The van der Waals surface area contributed by atoms with Gasteiger partial charge in [0.25, 0.3) is 0 Å². The van der Waals surface area contributed by atoms with Gasteiger partial charge in [0.2, 0.25) is 5.28 Å². The van der Waals surface area contributed by atoms with Crippen molar-refractivity contribution in [2.45, 2.75) is 34.1 Å². The molecule has 0 saturated carbocycles. The maximum absolute atomic E-state index is 5.97. The first-order chi connectivity index (χ1) is 8.49. The van der Waals surface area contributed by atoms with E-state index in [-0.39, 0.29) is 0 Å². The van der Waals surface area contributed by atoms with Crippen molar-refractivity contribution in [2.75, 3.05) is 11.9 Å². The lowest BCUT2D eigenvalue weighted by molar-refractivity contribution is 0.607. The zero-order valence-electron chi connectivity index (χ0n) is 11.2. The van der Waals surface area contributed by atoms with Crippen molar-refractivity contribution in [1.82, 2.24) is 9.97 Å². The molecule has 2 aromatic rings. The predicted molar refractivity (Wildman–Crippen MR) is 79.8 cm³/mol. The third-order valence-electron chi connectivity index (χ3n) is 3.02. The van der Waals surface area contributed by atoms with Crippen LogP contribution in [0.25, 0.3) is 10.2 Å². The van der Waals surface area contributed by atoms with Gasteiger partial charge in [0.15, 0.2) is 0 Å². The fourth-order valence-electron chi connectivity index (χ4n) is 1.83. The maximum Gasteiger partial charge on any atom is 0.225 e. The molecule has 0 aromatic carbocycles. The van der Waals surface area contributed by atoms with E-state index in [9.17, 15) is 0 Å². The second kappa shape index (κ2) is 5.41. The van der Waals surface area contributed by atoms with Crippen molar-refractivity contribution in [3.05, 3.63) is 15.7 Å². The molecule has 3 nitrogen and oxygen atoms in total. The molecular weight excluding hydrogens is 266 g/mol. The van der Waals surface area contributed by atoms with Crippen molar-refractivity contribution in [3.8, 4) is 0 Å². The van der Waals surface area contributed by atoms with Gasteiger partial charge in [-0.25, -0.2) is 9.97 Å². The number of hydrogen-bond acceptors (Lipinski definition) is 4. The number of aryl methyl sites for hydroxylation is 2. The topological polar surface area (TPSA) is 37.8 Å². The van der Waals surface area contributed by atoms with E-state index in [1.807, 2.05) is 0 Å². The van der Waals surface area contributed by atoms with E-state index < -0.39 is 0 Å². The normalized spacial score (nSPS) is 11.4. The Hall–Kier alpha value is -0.870. The molecule has 0 bridgehead atoms. The number of nitrogens with one attached hydrogen (secondary N) is 1. The van der Waals surface area contributed by atoms with Gasteiger partial charge in [-0.05, 0) is 43.4 Å².